The van der Waals surface area contributed by atoms with Gasteiger partial charge in [0.1, 0.15) is 11.4 Å². The number of aryl methyl sites for hydroxylation is 2. The van der Waals surface area contributed by atoms with Gasteiger partial charge in [0.25, 0.3) is 0 Å². The molecule has 24 heavy (non-hydrogen) atoms. The summed E-state index contributed by atoms with van der Waals surface area (Å²) in [7, 11) is 1.29. The number of pyridine rings is 1. The van der Waals surface area contributed by atoms with Crippen LogP contribution in [0.4, 0.5) is 0 Å². The van der Waals surface area contributed by atoms with Crippen molar-refractivity contribution in [1.82, 2.24) is 9.97 Å². The molecule has 0 spiro atoms. The van der Waals surface area contributed by atoms with Gasteiger partial charge < -0.3 is 9.72 Å². The Kier molecular flexibility index (Phi) is 3.41. The number of carbonyl (C=O) groups excluding carboxylic acids is 2. The van der Waals surface area contributed by atoms with E-state index in [9.17, 15) is 9.59 Å². The van der Waals surface area contributed by atoms with E-state index < -0.39 is 5.97 Å². The number of ether oxygens (including phenoxy) is 1. The molecular formula is C19H16N2O3. The molecule has 120 valence electrons. The zero-order valence-corrected chi connectivity index (χ0v) is 13.3. The van der Waals surface area contributed by atoms with Gasteiger partial charge in [-0.15, -0.1) is 0 Å². The lowest BCUT2D eigenvalue weighted by Gasteiger charge is -2.04. The zero-order chi connectivity index (χ0) is 16.7. The van der Waals surface area contributed by atoms with Crippen LogP contribution in [0.1, 0.15) is 44.1 Å². The van der Waals surface area contributed by atoms with E-state index in [1.807, 2.05) is 6.07 Å². The van der Waals surface area contributed by atoms with E-state index >= 15 is 0 Å². The lowest BCUT2D eigenvalue weighted by molar-refractivity contribution is 0.0594. The molecule has 1 aliphatic rings. The lowest BCUT2D eigenvalue weighted by Crippen LogP contribution is -2.09. The third-order valence-corrected chi connectivity index (χ3v) is 4.55. The average molecular weight is 320 g/mol. The second-order valence-electron chi connectivity index (χ2n) is 5.91. The summed E-state index contributed by atoms with van der Waals surface area (Å²) in [6.07, 6.45) is 5.02. The number of aromatic nitrogens is 2. The standard InChI is InChI=1S/C19H16N2O3/c1-24-19(23)16-7-3-6-15(21-16)18(22)14-10-20-17-12-5-2-4-11(12)8-9-13(14)17/h3,6-10,20H,2,4-5H2,1H3. The number of fused-ring (bicyclic) bond motifs is 3. The predicted octanol–water partition coefficient (Wildman–Crippen LogP) is 3.07. The van der Waals surface area contributed by atoms with Crippen molar-refractivity contribution in [3.63, 3.8) is 0 Å². The molecule has 2 heterocycles. The fourth-order valence-corrected chi connectivity index (χ4v) is 3.38. The number of hydrogen-bond donors (Lipinski definition) is 1. The Morgan fingerprint density at radius 2 is 1.96 bits per heavy atom. The van der Waals surface area contributed by atoms with Crippen LogP contribution in [0, 0.1) is 0 Å². The minimum absolute atomic E-state index is 0.129. The number of nitrogens with zero attached hydrogens (tertiary/aromatic N) is 1. The van der Waals surface area contributed by atoms with Crippen LogP contribution in [0.25, 0.3) is 10.9 Å². The van der Waals surface area contributed by atoms with Gasteiger partial charge >= 0.3 is 5.97 Å². The number of nitrogens with one attached hydrogen (secondary N) is 1. The van der Waals surface area contributed by atoms with E-state index in [-0.39, 0.29) is 17.2 Å². The SMILES string of the molecule is COC(=O)c1cccc(C(=O)c2c[nH]c3c4c(ccc23)CCC4)n1. The molecule has 0 unspecified atom stereocenters. The summed E-state index contributed by atoms with van der Waals surface area (Å²) >= 11 is 0. The van der Waals surface area contributed by atoms with E-state index in [0.29, 0.717) is 5.56 Å². The largest absolute Gasteiger partial charge is 0.464 e. The topological polar surface area (TPSA) is 72.1 Å². The van der Waals surface area contributed by atoms with Gasteiger partial charge in [-0.05, 0) is 42.5 Å². The molecular weight excluding hydrogens is 304 g/mol. The Balaban J connectivity index is 1.78. The van der Waals surface area contributed by atoms with Gasteiger partial charge in [0, 0.05) is 22.7 Å². The third kappa shape index (κ3) is 2.21. The molecule has 5 heteroatoms. The summed E-state index contributed by atoms with van der Waals surface area (Å²) in [6, 6.07) is 8.88. The normalized spacial score (nSPS) is 13.0. The minimum Gasteiger partial charge on any atom is -0.464 e. The van der Waals surface area contributed by atoms with Gasteiger partial charge in [-0.1, -0.05) is 18.2 Å². The van der Waals surface area contributed by atoms with Crippen molar-refractivity contribution in [1.29, 1.82) is 0 Å². The Morgan fingerprint density at radius 3 is 2.79 bits per heavy atom. The molecule has 0 aliphatic heterocycles. The van der Waals surface area contributed by atoms with E-state index in [2.05, 4.69) is 20.8 Å². The van der Waals surface area contributed by atoms with Crippen LogP contribution >= 0.6 is 0 Å². The van der Waals surface area contributed by atoms with Gasteiger partial charge in [0.15, 0.2) is 0 Å². The fourth-order valence-electron chi connectivity index (χ4n) is 3.38. The quantitative estimate of drug-likeness (QED) is 0.594. The number of esters is 1. The summed E-state index contributed by atoms with van der Waals surface area (Å²) in [5.74, 6) is -0.758. The molecule has 2 aromatic heterocycles. The summed E-state index contributed by atoms with van der Waals surface area (Å²) in [5, 5.41) is 0.908. The van der Waals surface area contributed by atoms with E-state index in [0.717, 1.165) is 30.2 Å². The van der Waals surface area contributed by atoms with Crippen LogP contribution < -0.4 is 0 Å². The Bertz CT molecular complexity index is 972. The molecule has 3 aromatic rings. The predicted molar refractivity (Wildman–Crippen MR) is 89.3 cm³/mol. The maximum atomic E-state index is 12.9. The Hall–Kier alpha value is -2.95. The number of carbonyl (C=O) groups is 2. The molecule has 0 amide bonds. The maximum Gasteiger partial charge on any atom is 0.356 e. The van der Waals surface area contributed by atoms with Crippen molar-refractivity contribution in [2.45, 2.75) is 19.3 Å². The van der Waals surface area contributed by atoms with Gasteiger partial charge in [-0.2, -0.15) is 0 Å². The highest BCUT2D eigenvalue weighted by Gasteiger charge is 2.21. The minimum atomic E-state index is -0.554. The molecule has 0 radical (unpaired) electrons. The van der Waals surface area contributed by atoms with Crippen molar-refractivity contribution < 1.29 is 14.3 Å². The zero-order valence-electron chi connectivity index (χ0n) is 13.3. The molecule has 4 rings (SSSR count). The van der Waals surface area contributed by atoms with Crippen LogP contribution in [-0.2, 0) is 17.6 Å². The van der Waals surface area contributed by atoms with E-state index in [4.69, 9.17) is 0 Å². The second-order valence-corrected chi connectivity index (χ2v) is 5.91. The highest BCUT2D eigenvalue weighted by Crippen LogP contribution is 2.31. The molecule has 0 fully saturated rings. The monoisotopic (exact) mass is 320 g/mol. The highest BCUT2D eigenvalue weighted by molar-refractivity contribution is 6.16. The Morgan fingerprint density at radius 1 is 1.12 bits per heavy atom. The molecule has 0 saturated heterocycles. The molecule has 0 saturated carbocycles. The van der Waals surface area contributed by atoms with Crippen LogP contribution in [0.5, 0.6) is 0 Å². The maximum absolute atomic E-state index is 12.9. The molecule has 5 nitrogen and oxygen atoms in total. The number of benzene rings is 1. The first-order valence-electron chi connectivity index (χ1n) is 7.91. The number of aromatic amines is 1. The second kappa shape index (κ2) is 5.60. The van der Waals surface area contributed by atoms with Crippen molar-refractivity contribution >= 4 is 22.7 Å². The van der Waals surface area contributed by atoms with E-state index in [1.165, 1.54) is 24.3 Å². The number of ketones is 1. The number of H-pyrrole nitrogens is 1. The number of methoxy groups -OCH3 is 1. The van der Waals surface area contributed by atoms with Crippen molar-refractivity contribution in [3.8, 4) is 0 Å². The van der Waals surface area contributed by atoms with Crippen LogP contribution in [0.2, 0.25) is 0 Å². The summed E-state index contributed by atoms with van der Waals surface area (Å²) in [6.45, 7) is 0. The van der Waals surface area contributed by atoms with Crippen LogP contribution in [-0.4, -0.2) is 28.8 Å². The summed E-state index contributed by atoms with van der Waals surface area (Å²) in [5.41, 5.74) is 4.65. The van der Waals surface area contributed by atoms with E-state index in [1.54, 1.807) is 18.3 Å². The third-order valence-electron chi connectivity index (χ3n) is 4.55. The lowest BCUT2D eigenvalue weighted by atomic mass is 10.0. The molecule has 1 aliphatic carbocycles. The molecule has 1 N–H and O–H groups in total. The smallest absolute Gasteiger partial charge is 0.356 e. The number of rotatable bonds is 3. The summed E-state index contributed by atoms with van der Waals surface area (Å²) in [4.78, 5) is 31.9. The Labute approximate surface area is 138 Å². The average Bonchev–Trinajstić information content (AvgIpc) is 3.26. The molecule has 0 bridgehead atoms. The van der Waals surface area contributed by atoms with Crippen molar-refractivity contribution in [3.05, 3.63) is 64.6 Å². The molecule has 0 atom stereocenters. The van der Waals surface area contributed by atoms with Gasteiger partial charge in [0.05, 0.1) is 7.11 Å². The molecule has 1 aromatic carbocycles. The van der Waals surface area contributed by atoms with Crippen molar-refractivity contribution in [2.75, 3.05) is 7.11 Å². The highest BCUT2D eigenvalue weighted by atomic mass is 16.5. The first kappa shape index (κ1) is 14.6. The van der Waals surface area contributed by atoms with Gasteiger partial charge in [-0.3, -0.25) is 4.79 Å². The van der Waals surface area contributed by atoms with Crippen LogP contribution in [0.15, 0.2) is 36.5 Å². The first-order chi connectivity index (χ1) is 11.7. The fraction of sp³-hybridized carbons (Fsp3) is 0.211. The van der Waals surface area contributed by atoms with Crippen molar-refractivity contribution in [2.24, 2.45) is 0 Å². The number of hydrogen-bond acceptors (Lipinski definition) is 4. The van der Waals surface area contributed by atoms with Crippen LogP contribution in [0.3, 0.4) is 0 Å². The first-order valence-corrected chi connectivity index (χ1v) is 7.91. The van der Waals surface area contributed by atoms with Gasteiger partial charge in [0.2, 0.25) is 5.78 Å². The summed E-state index contributed by atoms with van der Waals surface area (Å²) < 4.78 is 4.66. The van der Waals surface area contributed by atoms with Gasteiger partial charge in [-0.25, -0.2) is 9.78 Å².